The van der Waals surface area contributed by atoms with Crippen LogP contribution in [0.15, 0.2) is 0 Å². The lowest BCUT2D eigenvalue weighted by molar-refractivity contribution is -0.143. The van der Waals surface area contributed by atoms with E-state index in [0.29, 0.717) is 6.42 Å². The summed E-state index contributed by atoms with van der Waals surface area (Å²) in [6, 6.07) is 0. The zero-order valence-electron chi connectivity index (χ0n) is 9.43. The van der Waals surface area contributed by atoms with Gasteiger partial charge in [-0.3, -0.25) is 0 Å². The van der Waals surface area contributed by atoms with Crippen molar-refractivity contribution in [1.29, 1.82) is 0 Å². The molecule has 1 aromatic heterocycles. The van der Waals surface area contributed by atoms with Crippen LogP contribution in [0.5, 0.6) is 0 Å². The van der Waals surface area contributed by atoms with E-state index >= 15 is 0 Å². The molecule has 1 saturated heterocycles. The molecule has 0 saturated carbocycles. The van der Waals surface area contributed by atoms with E-state index < -0.39 is 11.5 Å². The first-order valence-corrected chi connectivity index (χ1v) is 6.17. The molecule has 1 aliphatic rings. The van der Waals surface area contributed by atoms with Crippen LogP contribution in [-0.4, -0.2) is 33.4 Å². The summed E-state index contributed by atoms with van der Waals surface area (Å²) in [5.74, 6) is -0.778. The van der Waals surface area contributed by atoms with E-state index in [0.717, 1.165) is 29.5 Å². The zero-order valence-corrected chi connectivity index (χ0v) is 10.3. The maximum atomic E-state index is 11.4. The molecule has 1 unspecified atom stereocenters. The minimum absolute atomic E-state index is 0.668. The lowest BCUT2D eigenvalue weighted by Gasteiger charge is -2.41. The van der Waals surface area contributed by atoms with Crippen molar-refractivity contribution in [1.82, 2.24) is 10.2 Å². The number of aliphatic carboxylic acids is 1. The Balaban J connectivity index is 2.33. The highest BCUT2D eigenvalue weighted by molar-refractivity contribution is 7.15. The Hall–Kier alpha value is -1.17. The van der Waals surface area contributed by atoms with Crippen LogP contribution in [0.25, 0.3) is 0 Å². The van der Waals surface area contributed by atoms with E-state index in [1.165, 1.54) is 11.3 Å². The molecule has 0 aromatic carbocycles. The van der Waals surface area contributed by atoms with Crippen LogP contribution in [0, 0.1) is 6.92 Å². The van der Waals surface area contributed by atoms with Gasteiger partial charge in [-0.1, -0.05) is 11.3 Å². The Morgan fingerprint density at radius 3 is 2.81 bits per heavy atom. The van der Waals surface area contributed by atoms with Gasteiger partial charge in [-0.25, -0.2) is 4.79 Å². The maximum absolute atomic E-state index is 11.4. The van der Waals surface area contributed by atoms with E-state index in [1.807, 2.05) is 11.8 Å². The average molecular weight is 241 g/mol. The Labute approximate surface area is 98.1 Å². The molecule has 0 aliphatic carbocycles. The number of aromatic nitrogens is 2. The van der Waals surface area contributed by atoms with Crippen molar-refractivity contribution in [3.8, 4) is 0 Å². The fourth-order valence-electron chi connectivity index (χ4n) is 2.05. The van der Waals surface area contributed by atoms with Gasteiger partial charge >= 0.3 is 5.97 Å². The summed E-state index contributed by atoms with van der Waals surface area (Å²) in [6.07, 6.45) is 2.64. The minimum Gasteiger partial charge on any atom is -0.480 e. The molecule has 1 aliphatic heterocycles. The van der Waals surface area contributed by atoms with Gasteiger partial charge in [0.2, 0.25) is 5.13 Å². The molecule has 0 spiro atoms. The molecule has 1 N–H and O–H groups in total. The van der Waals surface area contributed by atoms with Crippen LogP contribution in [0.3, 0.4) is 0 Å². The Morgan fingerprint density at radius 1 is 1.50 bits per heavy atom. The smallest absolute Gasteiger partial charge is 0.329 e. The minimum atomic E-state index is -0.829. The number of carboxylic acid groups (broad SMARTS) is 1. The molecule has 1 fully saturated rings. The summed E-state index contributed by atoms with van der Waals surface area (Å²) >= 11 is 1.45. The van der Waals surface area contributed by atoms with Gasteiger partial charge in [-0.2, -0.15) is 0 Å². The van der Waals surface area contributed by atoms with Crippen molar-refractivity contribution < 1.29 is 9.90 Å². The molecule has 1 aromatic rings. The Bertz CT molecular complexity index is 407. The normalized spacial score (nSPS) is 25.8. The van der Waals surface area contributed by atoms with E-state index in [9.17, 15) is 9.90 Å². The Kier molecular flexibility index (Phi) is 2.84. The number of carboxylic acids is 1. The molecule has 0 radical (unpaired) electrons. The summed E-state index contributed by atoms with van der Waals surface area (Å²) in [6.45, 7) is 4.39. The number of piperidine rings is 1. The Morgan fingerprint density at radius 2 is 2.25 bits per heavy atom. The number of hydrogen-bond donors (Lipinski definition) is 1. The van der Waals surface area contributed by atoms with E-state index in [2.05, 4.69) is 10.2 Å². The highest BCUT2D eigenvalue weighted by Crippen LogP contribution is 2.34. The molecule has 5 nitrogen and oxygen atoms in total. The van der Waals surface area contributed by atoms with Crippen molar-refractivity contribution in [3.63, 3.8) is 0 Å². The van der Waals surface area contributed by atoms with E-state index in [4.69, 9.17) is 0 Å². The number of rotatable bonds is 2. The van der Waals surface area contributed by atoms with Gasteiger partial charge in [0.1, 0.15) is 10.5 Å². The highest BCUT2D eigenvalue weighted by Gasteiger charge is 2.42. The largest absolute Gasteiger partial charge is 0.480 e. The van der Waals surface area contributed by atoms with E-state index in [-0.39, 0.29) is 0 Å². The molecule has 16 heavy (non-hydrogen) atoms. The molecule has 0 amide bonds. The van der Waals surface area contributed by atoms with Crippen LogP contribution in [0.1, 0.15) is 31.2 Å². The zero-order chi connectivity index (χ0) is 11.8. The lowest BCUT2D eigenvalue weighted by atomic mass is 9.89. The van der Waals surface area contributed by atoms with Crippen LogP contribution < -0.4 is 4.90 Å². The van der Waals surface area contributed by atoms with Gasteiger partial charge in [0.15, 0.2) is 0 Å². The van der Waals surface area contributed by atoms with Gasteiger partial charge in [0.25, 0.3) is 0 Å². The first-order valence-electron chi connectivity index (χ1n) is 5.35. The lowest BCUT2D eigenvalue weighted by Crippen LogP contribution is -2.55. The highest BCUT2D eigenvalue weighted by atomic mass is 32.1. The van der Waals surface area contributed by atoms with E-state index in [1.54, 1.807) is 6.92 Å². The molecule has 2 heterocycles. The quantitative estimate of drug-likeness (QED) is 0.853. The SMILES string of the molecule is Cc1nnc(N2CCCCC2(C)C(=O)O)s1. The number of nitrogens with zero attached hydrogens (tertiary/aromatic N) is 3. The predicted molar refractivity (Wildman–Crippen MR) is 61.9 cm³/mol. The maximum Gasteiger partial charge on any atom is 0.329 e. The van der Waals surface area contributed by atoms with Gasteiger partial charge in [0, 0.05) is 6.54 Å². The topological polar surface area (TPSA) is 66.3 Å². The summed E-state index contributed by atoms with van der Waals surface area (Å²) < 4.78 is 0. The second kappa shape index (κ2) is 4.01. The van der Waals surface area contributed by atoms with Crippen molar-refractivity contribution in [2.75, 3.05) is 11.4 Å². The monoisotopic (exact) mass is 241 g/mol. The molecular formula is C10H15N3O2S. The molecule has 0 bridgehead atoms. The number of carbonyl (C=O) groups is 1. The van der Waals surface area contributed by atoms with Crippen LogP contribution in [0.2, 0.25) is 0 Å². The second-order valence-corrected chi connectivity index (χ2v) is 5.45. The van der Waals surface area contributed by atoms with Crippen molar-refractivity contribution in [2.24, 2.45) is 0 Å². The van der Waals surface area contributed by atoms with Crippen molar-refractivity contribution in [3.05, 3.63) is 5.01 Å². The number of anilines is 1. The molecule has 88 valence electrons. The predicted octanol–water partition coefficient (Wildman–Crippen LogP) is 1.68. The van der Waals surface area contributed by atoms with Gasteiger partial charge in [-0.15, -0.1) is 10.2 Å². The van der Waals surface area contributed by atoms with Crippen LogP contribution in [-0.2, 0) is 4.79 Å². The van der Waals surface area contributed by atoms with Gasteiger partial charge < -0.3 is 10.0 Å². The third-order valence-electron chi connectivity index (χ3n) is 3.10. The summed E-state index contributed by atoms with van der Waals surface area (Å²) in [5, 5.41) is 18.9. The molecule has 2 rings (SSSR count). The second-order valence-electron chi connectivity index (χ2n) is 4.29. The van der Waals surface area contributed by atoms with Crippen LogP contribution in [0.4, 0.5) is 5.13 Å². The summed E-state index contributed by atoms with van der Waals surface area (Å²) in [5.41, 5.74) is -0.829. The molecule has 6 heteroatoms. The number of hydrogen-bond acceptors (Lipinski definition) is 5. The summed E-state index contributed by atoms with van der Waals surface area (Å²) in [4.78, 5) is 13.3. The van der Waals surface area contributed by atoms with Gasteiger partial charge in [0.05, 0.1) is 0 Å². The van der Waals surface area contributed by atoms with Crippen molar-refractivity contribution in [2.45, 2.75) is 38.6 Å². The third kappa shape index (κ3) is 1.77. The number of aryl methyl sites for hydroxylation is 1. The van der Waals surface area contributed by atoms with Crippen LogP contribution >= 0.6 is 11.3 Å². The molecule has 1 atom stereocenters. The summed E-state index contributed by atoms with van der Waals surface area (Å²) in [7, 11) is 0. The first kappa shape index (κ1) is 11.3. The van der Waals surface area contributed by atoms with Crippen molar-refractivity contribution >= 4 is 22.4 Å². The van der Waals surface area contributed by atoms with Gasteiger partial charge in [-0.05, 0) is 33.1 Å². The standard InChI is InChI=1S/C10H15N3O2S/c1-7-11-12-9(16-7)13-6-4-3-5-10(13,2)8(14)15/h3-6H2,1-2H3,(H,14,15). The third-order valence-corrected chi connectivity index (χ3v) is 3.96. The molecular weight excluding hydrogens is 226 g/mol. The fourth-order valence-corrected chi connectivity index (χ4v) is 2.88. The average Bonchev–Trinajstić information content (AvgIpc) is 2.65. The fraction of sp³-hybridized carbons (Fsp3) is 0.700. The first-order chi connectivity index (χ1) is 7.54.